The Morgan fingerprint density at radius 2 is 1.92 bits per heavy atom. The van der Waals surface area contributed by atoms with Crippen molar-refractivity contribution in [3.8, 4) is 0 Å². The van der Waals surface area contributed by atoms with Crippen LogP contribution in [-0.2, 0) is 12.8 Å². The summed E-state index contributed by atoms with van der Waals surface area (Å²) < 4.78 is 2.53. The fourth-order valence-corrected chi connectivity index (χ4v) is 3.55. The van der Waals surface area contributed by atoms with Crippen LogP contribution < -0.4 is 10.9 Å². The number of anilines is 2. The lowest BCUT2D eigenvalue weighted by atomic mass is 10.2. The molecule has 8 heteroatoms. The van der Waals surface area contributed by atoms with Crippen molar-refractivity contribution in [2.45, 2.75) is 17.8 Å². The minimum absolute atomic E-state index is 0.172. The van der Waals surface area contributed by atoms with E-state index in [1.165, 1.54) is 16.3 Å². The van der Waals surface area contributed by atoms with E-state index >= 15 is 0 Å². The molecule has 1 heterocycles. The lowest BCUT2D eigenvalue weighted by Gasteiger charge is -2.11. The summed E-state index contributed by atoms with van der Waals surface area (Å²) in [5.41, 5.74) is 2.49. The summed E-state index contributed by atoms with van der Waals surface area (Å²) in [5, 5.41) is 12.5. The Kier molecular flexibility index (Phi) is 6.01. The molecule has 0 unspecified atom stereocenters. The first-order chi connectivity index (χ1) is 12.5. The summed E-state index contributed by atoms with van der Waals surface area (Å²) in [5.74, 6) is 0.876. The molecule has 1 aromatic heterocycles. The van der Waals surface area contributed by atoms with Crippen molar-refractivity contribution < 1.29 is 0 Å². The molecule has 1 N–H and O–H groups in total. The SMILES string of the molecule is Cc1c(Cl)cccc1Nc1nnc(SCc2ccc(Br)cc2)n(C)c1=O. The number of nitrogens with zero attached hydrogens (tertiary/aromatic N) is 3. The van der Waals surface area contributed by atoms with E-state index in [4.69, 9.17) is 11.6 Å². The van der Waals surface area contributed by atoms with Gasteiger partial charge in [0.2, 0.25) is 5.82 Å². The molecule has 0 radical (unpaired) electrons. The number of aromatic nitrogens is 3. The van der Waals surface area contributed by atoms with E-state index in [0.29, 0.717) is 15.9 Å². The number of benzene rings is 2. The number of rotatable bonds is 5. The maximum Gasteiger partial charge on any atom is 0.297 e. The van der Waals surface area contributed by atoms with Gasteiger partial charge in [-0.3, -0.25) is 9.36 Å². The molecule has 0 amide bonds. The predicted octanol–water partition coefficient (Wildman–Crippen LogP) is 4.94. The van der Waals surface area contributed by atoms with E-state index in [0.717, 1.165) is 21.3 Å². The number of thioether (sulfide) groups is 1. The zero-order valence-electron chi connectivity index (χ0n) is 14.2. The molecule has 3 rings (SSSR count). The van der Waals surface area contributed by atoms with Gasteiger partial charge in [-0.2, -0.15) is 0 Å². The summed E-state index contributed by atoms with van der Waals surface area (Å²) in [6, 6.07) is 13.5. The smallest absolute Gasteiger partial charge is 0.297 e. The highest BCUT2D eigenvalue weighted by atomic mass is 79.9. The molecule has 2 aromatic carbocycles. The first-order valence-electron chi connectivity index (χ1n) is 7.79. The van der Waals surface area contributed by atoms with Gasteiger partial charge in [0, 0.05) is 28.0 Å². The summed E-state index contributed by atoms with van der Waals surface area (Å²) in [6.07, 6.45) is 0. The Hall–Kier alpha value is -1.83. The van der Waals surface area contributed by atoms with Crippen LogP contribution in [0.4, 0.5) is 11.5 Å². The first kappa shape index (κ1) is 18.9. The number of halogens is 2. The van der Waals surface area contributed by atoms with Gasteiger partial charge in [0.25, 0.3) is 5.56 Å². The Bertz CT molecular complexity index is 991. The standard InChI is InChI=1S/C18H16BrClN4OS/c1-11-14(20)4-3-5-15(11)21-16-17(25)24(2)18(23-22-16)26-10-12-6-8-13(19)9-7-12/h3-9H,10H2,1-2H3,(H,21,22). The Balaban J connectivity index is 1.79. The molecule has 0 fully saturated rings. The van der Waals surface area contributed by atoms with Gasteiger partial charge in [0.05, 0.1) is 0 Å². The van der Waals surface area contributed by atoms with Crippen molar-refractivity contribution in [3.63, 3.8) is 0 Å². The van der Waals surface area contributed by atoms with Gasteiger partial charge >= 0.3 is 0 Å². The summed E-state index contributed by atoms with van der Waals surface area (Å²) in [7, 11) is 1.69. The maximum atomic E-state index is 12.6. The van der Waals surface area contributed by atoms with Gasteiger partial charge in [-0.25, -0.2) is 0 Å². The highest BCUT2D eigenvalue weighted by Gasteiger charge is 2.12. The second kappa shape index (κ2) is 8.24. The van der Waals surface area contributed by atoms with E-state index < -0.39 is 0 Å². The third-order valence-corrected chi connectivity index (χ3v) is 5.86. The monoisotopic (exact) mass is 450 g/mol. The molecular formula is C18H16BrClN4OS. The van der Waals surface area contributed by atoms with Crippen molar-refractivity contribution in [1.82, 2.24) is 14.8 Å². The molecular weight excluding hydrogens is 436 g/mol. The van der Waals surface area contributed by atoms with Crippen LogP contribution in [0, 0.1) is 6.92 Å². The lowest BCUT2D eigenvalue weighted by Crippen LogP contribution is -2.24. The van der Waals surface area contributed by atoms with Crippen molar-refractivity contribution >= 4 is 50.8 Å². The molecule has 3 aromatic rings. The van der Waals surface area contributed by atoms with Gasteiger partial charge in [-0.1, -0.05) is 57.5 Å². The second-order valence-corrected chi connectivity index (χ2v) is 7.91. The topological polar surface area (TPSA) is 59.8 Å². The molecule has 0 aliphatic heterocycles. The third kappa shape index (κ3) is 4.28. The zero-order valence-corrected chi connectivity index (χ0v) is 17.3. The zero-order chi connectivity index (χ0) is 18.7. The normalized spacial score (nSPS) is 10.8. The van der Waals surface area contributed by atoms with E-state index in [1.807, 2.05) is 43.3 Å². The highest BCUT2D eigenvalue weighted by Crippen LogP contribution is 2.25. The van der Waals surface area contributed by atoms with Crippen molar-refractivity contribution in [3.05, 3.63) is 73.4 Å². The van der Waals surface area contributed by atoms with Crippen LogP contribution in [-0.4, -0.2) is 14.8 Å². The Labute approximate surface area is 168 Å². The van der Waals surface area contributed by atoms with Crippen LogP contribution in [0.2, 0.25) is 5.02 Å². The van der Waals surface area contributed by atoms with Crippen molar-refractivity contribution in [2.75, 3.05) is 5.32 Å². The Morgan fingerprint density at radius 3 is 2.65 bits per heavy atom. The Morgan fingerprint density at radius 1 is 1.19 bits per heavy atom. The number of hydrogen-bond acceptors (Lipinski definition) is 5. The average molecular weight is 452 g/mol. The predicted molar refractivity (Wildman–Crippen MR) is 110 cm³/mol. The second-order valence-electron chi connectivity index (χ2n) is 5.65. The minimum Gasteiger partial charge on any atom is -0.334 e. The summed E-state index contributed by atoms with van der Waals surface area (Å²) >= 11 is 11.0. The average Bonchev–Trinajstić information content (AvgIpc) is 2.63. The van der Waals surface area contributed by atoms with Crippen LogP contribution in [0.3, 0.4) is 0 Å². The fraction of sp³-hybridized carbons (Fsp3) is 0.167. The van der Waals surface area contributed by atoms with Crippen LogP contribution >= 0.6 is 39.3 Å². The van der Waals surface area contributed by atoms with Crippen LogP contribution in [0.1, 0.15) is 11.1 Å². The first-order valence-corrected chi connectivity index (χ1v) is 9.94. The lowest BCUT2D eigenvalue weighted by molar-refractivity contribution is 0.666. The molecule has 26 heavy (non-hydrogen) atoms. The minimum atomic E-state index is -0.238. The van der Waals surface area contributed by atoms with Crippen LogP contribution in [0.25, 0.3) is 0 Å². The molecule has 5 nitrogen and oxygen atoms in total. The number of nitrogens with one attached hydrogen (secondary N) is 1. The maximum absolute atomic E-state index is 12.6. The molecule has 0 aliphatic rings. The molecule has 0 saturated heterocycles. The van der Waals surface area contributed by atoms with Gasteiger partial charge in [0.15, 0.2) is 5.16 Å². The summed E-state index contributed by atoms with van der Waals surface area (Å²) in [6.45, 7) is 1.88. The molecule has 0 atom stereocenters. The van der Waals surface area contributed by atoms with Gasteiger partial charge in [-0.05, 0) is 42.3 Å². The van der Waals surface area contributed by atoms with Crippen molar-refractivity contribution in [1.29, 1.82) is 0 Å². The van der Waals surface area contributed by atoms with E-state index in [9.17, 15) is 4.79 Å². The van der Waals surface area contributed by atoms with Gasteiger partial charge in [0.1, 0.15) is 0 Å². The van der Waals surface area contributed by atoms with Crippen LogP contribution in [0.15, 0.2) is 56.9 Å². The van der Waals surface area contributed by atoms with E-state index in [2.05, 4.69) is 31.4 Å². The van der Waals surface area contributed by atoms with Gasteiger partial charge < -0.3 is 5.32 Å². The third-order valence-electron chi connectivity index (χ3n) is 3.83. The largest absolute Gasteiger partial charge is 0.334 e. The number of hydrogen-bond donors (Lipinski definition) is 1. The van der Waals surface area contributed by atoms with Crippen LogP contribution in [0.5, 0.6) is 0 Å². The van der Waals surface area contributed by atoms with E-state index in [-0.39, 0.29) is 11.4 Å². The van der Waals surface area contributed by atoms with E-state index in [1.54, 1.807) is 13.1 Å². The molecule has 0 bridgehead atoms. The fourth-order valence-electron chi connectivity index (χ4n) is 2.25. The molecule has 0 aliphatic carbocycles. The van der Waals surface area contributed by atoms with Crippen molar-refractivity contribution in [2.24, 2.45) is 7.05 Å². The molecule has 0 spiro atoms. The quantitative estimate of drug-likeness (QED) is 0.557. The van der Waals surface area contributed by atoms with Gasteiger partial charge in [-0.15, -0.1) is 10.2 Å². The highest BCUT2D eigenvalue weighted by molar-refractivity contribution is 9.10. The summed E-state index contributed by atoms with van der Waals surface area (Å²) in [4.78, 5) is 12.6. The molecule has 0 saturated carbocycles. The molecule has 134 valence electrons.